The molecule has 19 heavy (non-hydrogen) atoms. The molecule has 1 unspecified atom stereocenters. The van der Waals surface area contributed by atoms with Gasteiger partial charge in [-0.3, -0.25) is 4.79 Å². The van der Waals surface area contributed by atoms with E-state index in [9.17, 15) is 4.79 Å². The van der Waals surface area contributed by atoms with Crippen molar-refractivity contribution in [2.75, 3.05) is 17.7 Å². The molecule has 0 saturated heterocycles. The van der Waals surface area contributed by atoms with Crippen LogP contribution in [-0.4, -0.2) is 13.0 Å². The van der Waals surface area contributed by atoms with Gasteiger partial charge >= 0.3 is 0 Å². The predicted molar refractivity (Wildman–Crippen MR) is 74.1 cm³/mol. The summed E-state index contributed by atoms with van der Waals surface area (Å²) in [6.45, 7) is 0. The lowest BCUT2D eigenvalue weighted by Gasteiger charge is -2.32. The number of rotatable bonds is 1. The lowest BCUT2D eigenvalue weighted by Crippen LogP contribution is -2.38. The highest BCUT2D eigenvalue weighted by atomic mass is 16.5. The van der Waals surface area contributed by atoms with Crippen LogP contribution in [0.1, 0.15) is 11.7 Å². The molecule has 0 aromatic heterocycles. The second-order valence-corrected chi connectivity index (χ2v) is 4.53. The number of ether oxygens (including phenoxy) is 1. The van der Waals surface area contributed by atoms with Crippen molar-refractivity contribution in [2.24, 2.45) is 0 Å². The van der Waals surface area contributed by atoms with E-state index in [1.807, 2.05) is 36.4 Å². The molecular formula is C15H14N2O2. The van der Waals surface area contributed by atoms with Crippen LogP contribution >= 0.6 is 0 Å². The van der Waals surface area contributed by atoms with Gasteiger partial charge in [-0.1, -0.05) is 24.3 Å². The van der Waals surface area contributed by atoms with Gasteiger partial charge < -0.3 is 15.4 Å². The molecule has 96 valence electrons. The zero-order chi connectivity index (χ0) is 13.4. The smallest absolute Gasteiger partial charge is 0.272 e. The average molecular weight is 254 g/mol. The van der Waals surface area contributed by atoms with E-state index in [0.29, 0.717) is 11.4 Å². The number of carbonyl (C=O) groups excluding carboxylic acids is 1. The van der Waals surface area contributed by atoms with Gasteiger partial charge in [0, 0.05) is 18.3 Å². The molecule has 2 aromatic rings. The number of amides is 1. The van der Waals surface area contributed by atoms with Crippen LogP contribution < -0.4 is 15.4 Å². The molecule has 1 heterocycles. The Bertz CT molecular complexity index is 640. The molecule has 0 radical (unpaired) electrons. The standard InChI is InChI=1S/C15H14N2O2/c1-17-12-7-2-3-8-13(12)19-14(15(17)18)10-5-4-6-11(16)9-10/h2-9,14H,16H2,1H3. The van der Waals surface area contributed by atoms with E-state index in [-0.39, 0.29) is 5.91 Å². The molecule has 1 amide bonds. The third kappa shape index (κ3) is 1.91. The van der Waals surface area contributed by atoms with Crippen molar-refractivity contribution in [1.29, 1.82) is 0 Å². The number of para-hydroxylation sites is 2. The number of carbonyl (C=O) groups is 1. The molecule has 0 aliphatic carbocycles. The summed E-state index contributed by atoms with van der Waals surface area (Å²) in [5, 5.41) is 0. The molecule has 3 rings (SSSR count). The number of anilines is 2. The second kappa shape index (κ2) is 4.31. The van der Waals surface area contributed by atoms with E-state index >= 15 is 0 Å². The Hall–Kier alpha value is -2.49. The number of likely N-dealkylation sites (N-methyl/N-ethyl adjacent to an activating group) is 1. The maximum Gasteiger partial charge on any atom is 0.272 e. The quantitative estimate of drug-likeness (QED) is 0.795. The van der Waals surface area contributed by atoms with Gasteiger partial charge in [0.2, 0.25) is 6.10 Å². The van der Waals surface area contributed by atoms with Gasteiger partial charge in [-0.2, -0.15) is 0 Å². The van der Waals surface area contributed by atoms with Crippen LogP contribution in [0.25, 0.3) is 0 Å². The molecule has 1 aliphatic heterocycles. The number of nitrogen functional groups attached to an aromatic ring is 1. The Kier molecular flexibility index (Phi) is 2.63. The maximum absolute atomic E-state index is 12.4. The molecule has 0 saturated carbocycles. The van der Waals surface area contributed by atoms with Crippen LogP contribution in [0, 0.1) is 0 Å². The van der Waals surface area contributed by atoms with Gasteiger partial charge in [0.1, 0.15) is 5.75 Å². The van der Waals surface area contributed by atoms with Crippen LogP contribution in [0.3, 0.4) is 0 Å². The van der Waals surface area contributed by atoms with Gasteiger partial charge in [0.05, 0.1) is 5.69 Å². The number of nitrogens with zero attached hydrogens (tertiary/aromatic N) is 1. The van der Waals surface area contributed by atoms with Gasteiger partial charge in [-0.05, 0) is 24.3 Å². The number of hydrogen-bond donors (Lipinski definition) is 1. The summed E-state index contributed by atoms with van der Waals surface area (Å²) in [5.41, 5.74) is 7.93. The van der Waals surface area contributed by atoms with E-state index in [1.54, 1.807) is 24.1 Å². The lowest BCUT2D eigenvalue weighted by atomic mass is 10.1. The lowest BCUT2D eigenvalue weighted by molar-refractivity contribution is -0.126. The monoisotopic (exact) mass is 254 g/mol. The van der Waals surface area contributed by atoms with Gasteiger partial charge in [0.15, 0.2) is 0 Å². The third-order valence-corrected chi connectivity index (χ3v) is 3.24. The summed E-state index contributed by atoms with van der Waals surface area (Å²) >= 11 is 0. The summed E-state index contributed by atoms with van der Waals surface area (Å²) in [6, 6.07) is 14.7. The molecule has 2 aromatic carbocycles. The molecule has 0 bridgehead atoms. The fraction of sp³-hybridized carbons (Fsp3) is 0.133. The van der Waals surface area contributed by atoms with Crippen molar-refractivity contribution >= 4 is 17.3 Å². The van der Waals surface area contributed by atoms with E-state index in [2.05, 4.69) is 0 Å². The third-order valence-electron chi connectivity index (χ3n) is 3.24. The van der Waals surface area contributed by atoms with Crippen molar-refractivity contribution in [2.45, 2.75) is 6.10 Å². The summed E-state index contributed by atoms with van der Waals surface area (Å²) in [7, 11) is 1.75. The fourth-order valence-corrected chi connectivity index (χ4v) is 2.24. The first-order valence-electron chi connectivity index (χ1n) is 6.05. The molecule has 0 spiro atoms. The Morgan fingerprint density at radius 3 is 2.74 bits per heavy atom. The highest BCUT2D eigenvalue weighted by Gasteiger charge is 2.33. The predicted octanol–water partition coefficient (Wildman–Crippen LogP) is 2.37. The fourth-order valence-electron chi connectivity index (χ4n) is 2.24. The Labute approximate surface area is 111 Å². The van der Waals surface area contributed by atoms with Crippen LogP contribution in [0.4, 0.5) is 11.4 Å². The largest absolute Gasteiger partial charge is 0.474 e. The van der Waals surface area contributed by atoms with Crippen LogP contribution in [0.15, 0.2) is 48.5 Å². The van der Waals surface area contributed by atoms with Gasteiger partial charge in [-0.25, -0.2) is 0 Å². The maximum atomic E-state index is 12.4. The Morgan fingerprint density at radius 1 is 1.16 bits per heavy atom. The molecule has 1 atom stereocenters. The molecule has 1 aliphatic rings. The molecule has 0 fully saturated rings. The zero-order valence-corrected chi connectivity index (χ0v) is 10.5. The minimum Gasteiger partial charge on any atom is -0.474 e. The highest BCUT2D eigenvalue weighted by molar-refractivity contribution is 6.00. The summed E-state index contributed by atoms with van der Waals surface area (Å²) in [4.78, 5) is 14.0. The van der Waals surface area contributed by atoms with E-state index in [1.165, 1.54) is 0 Å². The number of nitrogens with two attached hydrogens (primary N) is 1. The molecular weight excluding hydrogens is 240 g/mol. The first-order valence-corrected chi connectivity index (χ1v) is 6.05. The van der Waals surface area contributed by atoms with E-state index < -0.39 is 6.10 Å². The minimum atomic E-state index is -0.636. The first kappa shape index (κ1) is 11.6. The highest BCUT2D eigenvalue weighted by Crippen LogP contribution is 2.37. The molecule has 2 N–H and O–H groups in total. The normalized spacial score (nSPS) is 17.8. The van der Waals surface area contributed by atoms with Crippen molar-refractivity contribution < 1.29 is 9.53 Å². The summed E-state index contributed by atoms with van der Waals surface area (Å²) < 4.78 is 5.81. The topological polar surface area (TPSA) is 55.6 Å². The Morgan fingerprint density at radius 2 is 1.95 bits per heavy atom. The van der Waals surface area contributed by atoms with Crippen molar-refractivity contribution in [3.63, 3.8) is 0 Å². The second-order valence-electron chi connectivity index (χ2n) is 4.53. The molecule has 4 heteroatoms. The van der Waals surface area contributed by atoms with Gasteiger partial charge in [-0.15, -0.1) is 0 Å². The zero-order valence-electron chi connectivity index (χ0n) is 10.5. The van der Waals surface area contributed by atoms with Crippen LogP contribution in [-0.2, 0) is 4.79 Å². The van der Waals surface area contributed by atoms with Crippen molar-refractivity contribution in [3.8, 4) is 5.75 Å². The average Bonchev–Trinajstić information content (AvgIpc) is 2.43. The Balaban J connectivity index is 2.04. The number of hydrogen-bond acceptors (Lipinski definition) is 3. The summed E-state index contributed by atoms with van der Waals surface area (Å²) in [5.74, 6) is 0.612. The number of fused-ring (bicyclic) bond motifs is 1. The SMILES string of the molecule is CN1C(=O)C(c2cccc(N)c2)Oc2ccccc21. The molecule has 4 nitrogen and oxygen atoms in total. The summed E-state index contributed by atoms with van der Waals surface area (Å²) in [6.07, 6.45) is -0.636. The minimum absolute atomic E-state index is 0.0932. The van der Waals surface area contributed by atoms with Crippen LogP contribution in [0.2, 0.25) is 0 Å². The first-order chi connectivity index (χ1) is 9.16. The van der Waals surface area contributed by atoms with E-state index in [4.69, 9.17) is 10.5 Å². The van der Waals surface area contributed by atoms with E-state index in [0.717, 1.165) is 11.3 Å². The van der Waals surface area contributed by atoms with Gasteiger partial charge in [0.25, 0.3) is 5.91 Å². The van der Waals surface area contributed by atoms with Crippen molar-refractivity contribution in [3.05, 3.63) is 54.1 Å². The van der Waals surface area contributed by atoms with Crippen LogP contribution in [0.5, 0.6) is 5.75 Å². The number of benzene rings is 2. The van der Waals surface area contributed by atoms with Crippen molar-refractivity contribution in [1.82, 2.24) is 0 Å².